The predicted molar refractivity (Wildman–Crippen MR) is 77.8 cm³/mol. The van der Waals surface area contributed by atoms with Crippen LogP contribution in [0.4, 0.5) is 5.69 Å². The number of fused-ring (bicyclic) bond motifs is 1. The maximum Gasteiger partial charge on any atom is 0.271 e. The Hall–Kier alpha value is -2.30. The summed E-state index contributed by atoms with van der Waals surface area (Å²) in [6, 6.07) is 8.35. The minimum Gasteiger partial charge on any atom is -0.384 e. The number of hydrogen-bond donors (Lipinski definition) is 2. The summed E-state index contributed by atoms with van der Waals surface area (Å²) in [7, 11) is 1.85. The van der Waals surface area contributed by atoms with Crippen molar-refractivity contribution in [3.05, 3.63) is 48.0 Å². The summed E-state index contributed by atoms with van der Waals surface area (Å²) in [5.41, 5.74) is 3.03. The lowest BCUT2D eigenvalue weighted by Crippen LogP contribution is -2.26. The average molecular weight is 270 g/mol. The second-order valence-corrected chi connectivity index (χ2v) is 5.13. The molecule has 0 aliphatic carbocycles. The highest BCUT2D eigenvalue weighted by Crippen LogP contribution is 2.32. The van der Waals surface area contributed by atoms with Gasteiger partial charge < -0.3 is 15.2 Å². The molecule has 104 valence electrons. The fourth-order valence-electron chi connectivity index (χ4n) is 2.60. The third-order valence-electron chi connectivity index (χ3n) is 3.66. The van der Waals surface area contributed by atoms with Crippen LogP contribution < -0.4 is 10.6 Å². The molecule has 0 saturated carbocycles. The van der Waals surface area contributed by atoms with Gasteiger partial charge >= 0.3 is 0 Å². The molecule has 20 heavy (non-hydrogen) atoms. The van der Waals surface area contributed by atoms with Gasteiger partial charge in [0.1, 0.15) is 5.69 Å². The van der Waals surface area contributed by atoms with Crippen LogP contribution in [-0.4, -0.2) is 28.5 Å². The van der Waals surface area contributed by atoms with E-state index >= 15 is 0 Å². The van der Waals surface area contributed by atoms with Gasteiger partial charge in [0.25, 0.3) is 5.91 Å². The van der Waals surface area contributed by atoms with E-state index in [-0.39, 0.29) is 5.91 Å². The summed E-state index contributed by atoms with van der Waals surface area (Å²) in [4.78, 5) is 15.9. The van der Waals surface area contributed by atoms with Gasteiger partial charge in [0.2, 0.25) is 0 Å². The molecule has 1 aromatic carbocycles. The number of carbonyl (C=O) groups excluding carboxylic acids is 1. The Morgan fingerprint density at radius 2 is 2.35 bits per heavy atom. The number of para-hydroxylation sites is 1. The van der Waals surface area contributed by atoms with Crippen LogP contribution in [0, 0.1) is 0 Å². The maximum absolute atomic E-state index is 11.9. The molecule has 0 bridgehead atoms. The van der Waals surface area contributed by atoms with Crippen molar-refractivity contribution < 1.29 is 4.79 Å². The van der Waals surface area contributed by atoms with Crippen molar-refractivity contribution in [2.45, 2.75) is 12.3 Å². The molecule has 2 aromatic rings. The molecule has 3 rings (SSSR count). The minimum absolute atomic E-state index is 0.107. The molecule has 1 aliphatic rings. The quantitative estimate of drug-likeness (QED) is 0.890. The normalized spacial score (nSPS) is 16.6. The number of carbonyl (C=O) groups is 1. The highest BCUT2D eigenvalue weighted by atomic mass is 16.1. The van der Waals surface area contributed by atoms with Crippen LogP contribution in [0.5, 0.6) is 0 Å². The lowest BCUT2D eigenvalue weighted by Gasteiger charge is -2.10. The van der Waals surface area contributed by atoms with Crippen molar-refractivity contribution in [3.8, 4) is 0 Å². The van der Waals surface area contributed by atoms with Gasteiger partial charge in [-0.05, 0) is 18.1 Å². The molecule has 0 fully saturated rings. The second kappa shape index (κ2) is 5.36. The largest absolute Gasteiger partial charge is 0.384 e. The van der Waals surface area contributed by atoms with Crippen LogP contribution >= 0.6 is 0 Å². The van der Waals surface area contributed by atoms with Gasteiger partial charge in [0.15, 0.2) is 0 Å². The molecule has 5 heteroatoms. The zero-order valence-electron chi connectivity index (χ0n) is 11.5. The molecule has 1 amide bonds. The molecule has 0 saturated heterocycles. The summed E-state index contributed by atoms with van der Waals surface area (Å²) >= 11 is 0. The first-order valence-electron chi connectivity index (χ1n) is 6.83. The van der Waals surface area contributed by atoms with Gasteiger partial charge in [-0.1, -0.05) is 18.2 Å². The lowest BCUT2D eigenvalue weighted by atomic mass is 9.98. The van der Waals surface area contributed by atoms with Gasteiger partial charge in [-0.3, -0.25) is 4.79 Å². The Bertz CT molecular complexity index is 620. The van der Waals surface area contributed by atoms with Crippen molar-refractivity contribution in [2.75, 3.05) is 18.4 Å². The van der Waals surface area contributed by atoms with Crippen LogP contribution in [0.25, 0.3) is 0 Å². The fraction of sp³-hybridized carbons (Fsp3) is 0.333. The van der Waals surface area contributed by atoms with Crippen LogP contribution in [0.3, 0.4) is 0 Å². The number of aromatic nitrogens is 2. The summed E-state index contributed by atoms with van der Waals surface area (Å²) in [5, 5.41) is 6.32. The monoisotopic (exact) mass is 270 g/mol. The molecule has 0 spiro atoms. The molecule has 2 N–H and O–H groups in total. The number of rotatable bonds is 4. The number of hydrogen-bond acceptors (Lipinski definition) is 3. The van der Waals surface area contributed by atoms with Crippen molar-refractivity contribution in [2.24, 2.45) is 7.05 Å². The Kier molecular flexibility index (Phi) is 3.41. The van der Waals surface area contributed by atoms with E-state index in [4.69, 9.17) is 0 Å². The number of imidazole rings is 1. The maximum atomic E-state index is 11.9. The van der Waals surface area contributed by atoms with E-state index in [0.29, 0.717) is 18.2 Å². The first-order valence-corrected chi connectivity index (χ1v) is 6.83. The SMILES string of the molecule is Cn1cnc(C(=O)NCCC2CNc3ccccc32)c1. The molecule has 1 aliphatic heterocycles. The van der Waals surface area contributed by atoms with Gasteiger partial charge in [0.05, 0.1) is 6.33 Å². The van der Waals surface area contributed by atoms with E-state index in [1.807, 2.05) is 13.1 Å². The molecule has 2 heterocycles. The Balaban J connectivity index is 1.53. The second-order valence-electron chi connectivity index (χ2n) is 5.13. The summed E-state index contributed by atoms with van der Waals surface area (Å²) in [6.45, 7) is 1.61. The molecular weight excluding hydrogens is 252 g/mol. The lowest BCUT2D eigenvalue weighted by molar-refractivity contribution is 0.0948. The van der Waals surface area contributed by atoms with Crippen molar-refractivity contribution in [1.29, 1.82) is 0 Å². The fourth-order valence-corrected chi connectivity index (χ4v) is 2.60. The predicted octanol–water partition coefficient (Wildman–Crippen LogP) is 1.75. The van der Waals surface area contributed by atoms with Crippen LogP contribution in [0.2, 0.25) is 0 Å². The number of nitrogens with zero attached hydrogens (tertiary/aromatic N) is 2. The number of benzene rings is 1. The van der Waals surface area contributed by atoms with E-state index in [1.165, 1.54) is 11.3 Å². The molecule has 1 aromatic heterocycles. The third kappa shape index (κ3) is 2.52. The van der Waals surface area contributed by atoms with E-state index in [1.54, 1.807) is 17.1 Å². The standard InChI is InChI=1S/C15H18N4O/c1-19-9-14(18-10-19)15(20)16-7-6-11-8-17-13-5-3-2-4-12(11)13/h2-5,9-11,17H,6-8H2,1H3,(H,16,20). The Morgan fingerprint density at radius 3 is 3.15 bits per heavy atom. The van der Waals surface area contributed by atoms with Crippen LogP contribution in [-0.2, 0) is 7.05 Å². The Labute approximate surface area is 118 Å². The first-order chi connectivity index (χ1) is 9.74. The highest BCUT2D eigenvalue weighted by Gasteiger charge is 2.21. The van der Waals surface area contributed by atoms with Gasteiger partial charge in [0, 0.05) is 37.9 Å². The van der Waals surface area contributed by atoms with E-state index < -0.39 is 0 Å². The zero-order valence-corrected chi connectivity index (χ0v) is 11.5. The number of anilines is 1. The first kappa shape index (κ1) is 12.7. The molecule has 1 atom stereocenters. The van der Waals surface area contributed by atoms with Gasteiger partial charge in [-0.2, -0.15) is 0 Å². The molecule has 5 nitrogen and oxygen atoms in total. The average Bonchev–Trinajstić information content (AvgIpc) is 3.06. The third-order valence-corrected chi connectivity index (χ3v) is 3.66. The number of nitrogens with one attached hydrogen (secondary N) is 2. The topological polar surface area (TPSA) is 59.0 Å². The van der Waals surface area contributed by atoms with E-state index in [9.17, 15) is 4.79 Å². The zero-order chi connectivity index (χ0) is 13.9. The highest BCUT2D eigenvalue weighted by molar-refractivity contribution is 5.91. The summed E-state index contributed by atoms with van der Waals surface area (Å²) < 4.78 is 1.77. The summed E-state index contributed by atoms with van der Waals surface area (Å²) in [6.07, 6.45) is 4.29. The Morgan fingerprint density at radius 1 is 1.50 bits per heavy atom. The molecule has 0 radical (unpaired) electrons. The van der Waals surface area contributed by atoms with E-state index in [0.717, 1.165) is 13.0 Å². The van der Waals surface area contributed by atoms with Gasteiger partial charge in [-0.15, -0.1) is 0 Å². The smallest absolute Gasteiger partial charge is 0.271 e. The minimum atomic E-state index is -0.107. The van der Waals surface area contributed by atoms with Crippen LogP contribution in [0.1, 0.15) is 28.4 Å². The number of amides is 1. The van der Waals surface area contributed by atoms with Crippen LogP contribution in [0.15, 0.2) is 36.8 Å². The number of aryl methyl sites for hydroxylation is 1. The van der Waals surface area contributed by atoms with E-state index in [2.05, 4.69) is 33.8 Å². The van der Waals surface area contributed by atoms with Crippen molar-refractivity contribution in [1.82, 2.24) is 14.9 Å². The summed E-state index contributed by atoms with van der Waals surface area (Å²) in [5.74, 6) is 0.361. The van der Waals surface area contributed by atoms with Crippen molar-refractivity contribution in [3.63, 3.8) is 0 Å². The molecular formula is C15H18N4O. The van der Waals surface area contributed by atoms with Crippen molar-refractivity contribution >= 4 is 11.6 Å². The molecule has 1 unspecified atom stereocenters. The van der Waals surface area contributed by atoms with Gasteiger partial charge in [-0.25, -0.2) is 4.98 Å².